The van der Waals surface area contributed by atoms with Gasteiger partial charge in [-0.25, -0.2) is 0 Å². The second-order valence-corrected chi connectivity index (χ2v) is 6.07. The van der Waals surface area contributed by atoms with Crippen molar-refractivity contribution in [2.75, 3.05) is 11.9 Å². The van der Waals surface area contributed by atoms with E-state index in [0.29, 0.717) is 6.10 Å². The van der Waals surface area contributed by atoms with Crippen LogP contribution in [0.3, 0.4) is 0 Å². The molecule has 1 heterocycles. The lowest BCUT2D eigenvalue weighted by Gasteiger charge is -2.16. The summed E-state index contributed by atoms with van der Waals surface area (Å²) in [6.45, 7) is 3.12. The largest absolute Gasteiger partial charge is 0.378 e. The zero-order chi connectivity index (χ0) is 12.8. The summed E-state index contributed by atoms with van der Waals surface area (Å²) in [5, 5.41) is 1.09. The molecule has 18 heavy (non-hydrogen) atoms. The van der Waals surface area contributed by atoms with Crippen LogP contribution in [0.2, 0.25) is 0 Å². The van der Waals surface area contributed by atoms with Crippen molar-refractivity contribution in [2.24, 2.45) is 5.92 Å². The van der Waals surface area contributed by atoms with Gasteiger partial charge in [0, 0.05) is 11.9 Å². The van der Waals surface area contributed by atoms with Crippen molar-refractivity contribution < 1.29 is 4.74 Å². The third-order valence-corrected chi connectivity index (χ3v) is 4.70. The first kappa shape index (κ1) is 14.1. The second-order valence-electron chi connectivity index (χ2n) is 5.42. The number of aryl methyl sites for hydroxylation is 1. The molecule has 2 rings (SSSR count). The average molecular weight is 311 g/mol. The van der Waals surface area contributed by atoms with Crippen LogP contribution in [0.4, 0.5) is 0 Å². The quantitative estimate of drug-likeness (QED) is 0.703. The Balaban J connectivity index is 1.79. The molecule has 0 bridgehead atoms. The van der Waals surface area contributed by atoms with Gasteiger partial charge in [0.2, 0.25) is 0 Å². The van der Waals surface area contributed by atoms with Crippen molar-refractivity contribution in [1.29, 1.82) is 0 Å². The van der Waals surface area contributed by atoms with Crippen LogP contribution in [0.15, 0.2) is 24.3 Å². The molecule has 0 aliphatic carbocycles. The predicted octanol–water partition coefficient (Wildman–Crippen LogP) is 4.51. The van der Waals surface area contributed by atoms with Gasteiger partial charge in [0.05, 0.1) is 6.10 Å². The Morgan fingerprint density at radius 2 is 2.11 bits per heavy atom. The molecule has 0 N–H and O–H groups in total. The summed E-state index contributed by atoms with van der Waals surface area (Å²) in [5.41, 5.74) is 2.80. The lowest BCUT2D eigenvalue weighted by Crippen LogP contribution is -2.12. The highest BCUT2D eigenvalue weighted by Crippen LogP contribution is 2.23. The molecule has 1 aliphatic rings. The summed E-state index contributed by atoms with van der Waals surface area (Å²) < 4.78 is 5.70. The van der Waals surface area contributed by atoms with Crippen molar-refractivity contribution in [2.45, 2.75) is 45.1 Å². The van der Waals surface area contributed by atoms with Gasteiger partial charge in [0.25, 0.3) is 0 Å². The molecular formula is C16H23BrO. The molecule has 2 unspecified atom stereocenters. The highest BCUT2D eigenvalue weighted by molar-refractivity contribution is 9.09. The summed E-state index contributed by atoms with van der Waals surface area (Å²) in [7, 11) is 0. The van der Waals surface area contributed by atoms with Gasteiger partial charge in [-0.15, -0.1) is 0 Å². The van der Waals surface area contributed by atoms with E-state index < -0.39 is 0 Å². The molecule has 0 spiro atoms. The number of halogens is 1. The smallest absolute Gasteiger partial charge is 0.0576 e. The SMILES string of the molecule is Cc1ccc(CC(CBr)CCC2CCCO2)cc1. The molecule has 2 heteroatoms. The van der Waals surface area contributed by atoms with Crippen LogP contribution in [-0.4, -0.2) is 18.0 Å². The van der Waals surface area contributed by atoms with Crippen molar-refractivity contribution in [3.05, 3.63) is 35.4 Å². The summed E-state index contributed by atoms with van der Waals surface area (Å²) >= 11 is 3.66. The molecule has 1 aromatic rings. The third-order valence-electron chi connectivity index (χ3n) is 3.78. The lowest BCUT2D eigenvalue weighted by molar-refractivity contribution is 0.0989. The van der Waals surface area contributed by atoms with Gasteiger partial charge in [-0.1, -0.05) is 45.8 Å². The maximum atomic E-state index is 5.70. The Hall–Kier alpha value is -0.340. The predicted molar refractivity (Wildman–Crippen MR) is 80.4 cm³/mol. The number of rotatable bonds is 6. The number of ether oxygens (including phenoxy) is 1. The minimum absolute atomic E-state index is 0.532. The fourth-order valence-electron chi connectivity index (χ4n) is 2.58. The molecule has 1 aliphatic heterocycles. The summed E-state index contributed by atoms with van der Waals surface area (Å²) in [6, 6.07) is 8.94. The van der Waals surface area contributed by atoms with Crippen LogP contribution in [0.1, 0.15) is 36.8 Å². The second kappa shape index (κ2) is 7.30. The van der Waals surface area contributed by atoms with Gasteiger partial charge in [-0.05, 0) is 50.5 Å². The third kappa shape index (κ3) is 4.40. The number of alkyl halides is 1. The van der Waals surface area contributed by atoms with Gasteiger partial charge in [0.15, 0.2) is 0 Å². The highest BCUT2D eigenvalue weighted by atomic mass is 79.9. The lowest BCUT2D eigenvalue weighted by atomic mass is 9.94. The first-order valence-corrected chi connectivity index (χ1v) is 8.13. The van der Waals surface area contributed by atoms with Crippen molar-refractivity contribution >= 4 is 15.9 Å². The molecule has 1 fully saturated rings. The van der Waals surface area contributed by atoms with Crippen LogP contribution in [-0.2, 0) is 11.2 Å². The zero-order valence-electron chi connectivity index (χ0n) is 11.2. The molecule has 0 saturated carbocycles. The minimum Gasteiger partial charge on any atom is -0.378 e. The van der Waals surface area contributed by atoms with Crippen LogP contribution in [0.25, 0.3) is 0 Å². The van der Waals surface area contributed by atoms with E-state index >= 15 is 0 Å². The van der Waals surface area contributed by atoms with Crippen molar-refractivity contribution in [3.8, 4) is 0 Å². The van der Waals surface area contributed by atoms with Gasteiger partial charge in [0.1, 0.15) is 0 Å². The number of hydrogen-bond acceptors (Lipinski definition) is 1. The fourth-order valence-corrected chi connectivity index (χ4v) is 3.14. The number of benzene rings is 1. The zero-order valence-corrected chi connectivity index (χ0v) is 12.8. The fraction of sp³-hybridized carbons (Fsp3) is 0.625. The van der Waals surface area contributed by atoms with Gasteiger partial charge < -0.3 is 4.74 Å². The topological polar surface area (TPSA) is 9.23 Å². The standard InChI is InChI=1S/C16H23BrO/c1-13-4-6-14(7-5-13)11-15(12-17)8-9-16-3-2-10-18-16/h4-7,15-16H,2-3,8-12H2,1H3. The van der Waals surface area contributed by atoms with Crippen LogP contribution in [0.5, 0.6) is 0 Å². The number of hydrogen-bond donors (Lipinski definition) is 0. The van der Waals surface area contributed by atoms with Gasteiger partial charge >= 0.3 is 0 Å². The monoisotopic (exact) mass is 310 g/mol. The van der Waals surface area contributed by atoms with E-state index in [2.05, 4.69) is 47.1 Å². The Morgan fingerprint density at radius 3 is 2.72 bits per heavy atom. The van der Waals surface area contributed by atoms with E-state index in [9.17, 15) is 0 Å². The summed E-state index contributed by atoms with van der Waals surface area (Å²) in [5.74, 6) is 0.733. The van der Waals surface area contributed by atoms with Crippen molar-refractivity contribution in [1.82, 2.24) is 0 Å². The minimum atomic E-state index is 0.532. The molecular weight excluding hydrogens is 288 g/mol. The maximum Gasteiger partial charge on any atom is 0.0576 e. The maximum absolute atomic E-state index is 5.70. The molecule has 0 aromatic heterocycles. The molecule has 0 amide bonds. The van der Waals surface area contributed by atoms with Crippen LogP contribution < -0.4 is 0 Å². The van der Waals surface area contributed by atoms with E-state index in [1.54, 1.807) is 0 Å². The first-order valence-electron chi connectivity index (χ1n) is 7.01. The highest BCUT2D eigenvalue weighted by Gasteiger charge is 2.17. The van der Waals surface area contributed by atoms with E-state index in [-0.39, 0.29) is 0 Å². The van der Waals surface area contributed by atoms with Crippen LogP contribution >= 0.6 is 15.9 Å². The van der Waals surface area contributed by atoms with Crippen molar-refractivity contribution in [3.63, 3.8) is 0 Å². The van der Waals surface area contributed by atoms with Gasteiger partial charge in [-0.3, -0.25) is 0 Å². The molecule has 1 nitrogen and oxygen atoms in total. The van der Waals surface area contributed by atoms with Gasteiger partial charge in [-0.2, -0.15) is 0 Å². The first-order chi connectivity index (χ1) is 8.78. The van der Waals surface area contributed by atoms with E-state index in [1.165, 1.54) is 43.2 Å². The van der Waals surface area contributed by atoms with E-state index in [1.807, 2.05) is 0 Å². The van der Waals surface area contributed by atoms with Crippen LogP contribution in [0, 0.1) is 12.8 Å². The molecule has 1 aromatic carbocycles. The van der Waals surface area contributed by atoms with E-state index in [0.717, 1.165) is 17.9 Å². The molecule has 2 atom stereocenters. The Labute approximate surface area is 119 Å². The Kier molecular flexibility index (Phi) is 5.71. The molecule has 100 valence electrons. The summed E-state index contributed by atoms with van der Waals surface area (Å²) in [4.78, 5) is 0. The average Bonchev–Trinajstić information content (AvgIpc) is 2.90. The molecule has 1 saturated heterocycles. The normalized spacial score (nSPS) is 21.1. The summed E-state index contributed by atoms with van der Waals surface area (Å²) in [6.07, 6.45) is 6.72. The Bertz CT molecular complexity index is 341. The molecule has 0 radical (unpaired) electrons. The Morgan fingerprint density at radius 1 is 1.33 bits per heavy atom. The van der Waals surface area contributed by atoms with E-state index in [4.69, 9.17) is 4.74 Å².